The van der Waals surface area contributed by atoms with Crippen LogP contribution < -0.4 is 0 Å². The Hall–Kier alpha value is -8.34. The molecule has 0 amide bonds. The van der Waals surface area contributed by atoms with Crippen LogP contribution in [0.2, 0.25) is 0 Å². The van der Waals surface area contributed by atoms with Gasteiger partial charge in [0.2, 0.25) is 0 Å². The van der Waals surface area contributed by atoms with E-state index in [2.05, 4.69) is 184 Å². The van der Waals surface area contributed by atoms with Gasteiger partial charge in [-0.05, 0) is 163 Å². The van der Waals surface area contributed by atoms with Crippen molar-refractivity contribution in [2.24, 2.45) is 0 Å². The van der Waals surface area contributed by atoms with Crippen molar-refractivity contribution in [3.05, 3.63) is 181 Å². The lowest BCUT2D eigenvalue weighted by Crippen LogP contribution is -1.96. The molecule has 0 atom stereocenters. The Kier molecular flexibility index (Phi) is 7.17. The molecule has 11 aromatic rings. The summed E-state index contributed by atoms with van der Waals surface area (Å²) in [6.07, 6.45) is 2.03. The molecule has 0 fully saturated rings. The van der Waals surface area contributed by atoms with E-state index in [4.69, 9.17) is 17.7 Å². The van der Waals surface area contributed by atoms with E-state index in [1.807, 2.05) is 0 Å². The van der Waals surface area contributed by atoms with E-state index in [1.165, 1.54) is 33.4 Å². The molecule has 0 N–H and O–H groups in total. The topological polar surface area (TPSA) is 52.6 Å². The second-order valence-electron chi connectivity index (χ2n) is 18.0. The van der Waals surface area contributed by atoms with Crippen molar-refractivity contribution in [2.45, 2.75) is 26.7 Å². The smallest absolute Gasteiger partial charge is 0.136 e. The minimum Gasteiger partial charge on any atom is -0.456 e. The maximum atomic E-state index is 6.77. The molecule has 4 nitrogen and oxygen atoms in total. The fraction of sp³-hybridized carbons (Fsp3) is 0.0645. The molecule has 4 aliphatic heterocycles. The first-order valence-corrected chi connectivity index (χ1v) is 23.0. The highest BCUT2D eigenvalue weighted by atomic mass is 16.3. The summed E-state index contributed by atoms with van der Waals surface area (Å²) < 4.78 is 27.1. The third kappa shape index (κ3) is 4.82. The monoisotopic (exact) mass is 846 g/mol. The molecule has 0 aromatic heterocycles. The van der Waals surface area contributed by atoms with Crippen LogP contribution >= 0.6 is 0 Å². The summed E-state index contributed by atoms with van der Waals surface area (Å²) >= 11 is 0. The van der Waals surface area contributed by atoms with E-state index >= 15 is 0 Å². The van der Waals surface area contributed by atoms with Crippen molar-refractivity contribution in [3.63, 3.8) is 0 Å². The SMILES string of the molecule is CCc1ccc(-c2ccc3oc4ccc5c(-c6ccc(-c7ccc8oc9ccc%10c(-c%11ccc(CC)cc%11)ccc%11oc%12ccc7c8c%12-c9c%11%10)cc6)ccc6oc7ccc2c3c7-c4c65)cc1. The van der Waals surface area contributed by atoms with Gasteiger partial charge in [-0.1, -0.05) is 111 Å². The highest BCUT2D eigenvalue weighted by Gasteiger charge is 2.28. The molecule has 4 heterocycles. The van der Waals surface area contributed by atoms with Crippen LogP contribution in [0.15, 0.2) is 188 Å². The summed E-state index contributed by atoms with van der Waals surface area (Å²) in [6, 6.07) is 61.3. The average molecular weight is 847 g/mol. The molecule has 4 aliphatic rings. The molecular weight excluding hydrogens is 809 g/mol. The van der Waals surface area contributed by atoms with Gasteiger partial charge in [-0.25, -0.2) is 0 Å². The molecule has 15 rings (SSSR count). The average Bonchev–Trinajstić information content (AvgIpc) is 3.38. The van der Waals surface area contributed by atoms with Crippen molar-refractivity contribution < 1.29 is 17.7 Å². The van der Waals surface area contributed by atoms with Gasteiger partial charge in [0, 0.05) is 43.8 Å². The van der Waals surface area contributed by atoms with Gasteiger partial charge in [0.25, 0.3) is 0 Å². The van der Waals surface area contributed by atoms with Crippen LogP contribution in [0, 0.1) is 0 Å². The molecule has 310 valence electrons. The zero-order chi connectivity index (χ0) is 43.4. The molecule has 0 saturated carbocycles. The second-order valence-corrected chi connectivity index (χ2v) is 18.0. The Labute approximate surface area is 378 Å². The normalized spacial score (nSPS) is 12.5. The summed E-state index contributed by atoms with van der Waals surface area (Å²) in [5, 5.41) is 8.94. The highest BCUT2D eigenvalue weighted by Crippen LogP contribution is 2.53. The molecule has 0 saturated heterocycles. The first-order chi connectivity index (χ1) is 32.6. The Morgan fingerprint density at radius 1 is 0.242 bits per heavy atom. The van der Waals surface area contributed by atoms with E-state index in [0.29, 0.717) is 0 Å². The van der Waals surface area contributed by atoms with Crippen LogP contribution in [0.5, 0.6) is 0 Å². The van der Waals surface area contributed by atoms with Crippen LogP contribution in [-0.4, -0.2) is 0 Å². The van der Waals surface area contributed by atoms with Gasteiger partial charge in [-0.15, -0.1) is 0 Å². The summed E-state index contributed by atoms with van der Waals surface area (Å²) in [5.74, 6) is 0. The molecule has 66 heavy (non-hydrogen) atoms. The molecule has 0 radical (unpaired) electrons. The van der Waals surface area contributed by atoms with E-state index in [9.17, 15) is 0 Å². The van der Waals surface area contributed by atoms with Gasteiger partial charge in [0.05, 0.1) is 0 Å². The quantitative estimate of drug-likeness (QED) is 0.124. The minimum absolute atomic E-state index is 0.846. The Balaban J connectivity index is 0.855. The van der Waals surface area contributed by atoms with Crippen molar-refractivity contribution in [1.82, 2.24) is 0 Å². The third-order valence-electron chi connectivity index (χ3n) is 14.7. The van der Waals surface area contributed by atoms with Gasteiger partial charge in [-0.2, -0.15) is 0 Å². The van der Waals surface area contributed by atoms with Crippen LogP contribution in [-0.2, 0) is 12.8 Å². The van der Waals surface area contributed by atoms with E-state index in [-0.39, 0.29) is 0 Å². The molecule has 0 bridgehead atoms. The van der Waals surface area contributed by atoms with Crippen molar-refractivity contribution in [1.29, 1.82) is 0 Å². The zero-order valence-corrected chi connectivity index (χ0v) is 36.2. The summed E-state index contributed by atoms with van der Waals surface area (Å²) in [4.78, 5) is 0. The first-order valence-electron chi connectivity index (χ1n) is 23.0. The summed E-state index contributed by atoms with van der Waals surface area (Å²) in [6.45, 7) is 4.39. The molecule has 0 unspecified atom stereocenters. The van der Waals surface area contributed by atoms with Crippen LogP contribution in [0.1, 0.15) is 25.0 Å². The van der Waals surface area contributed by atoms with Gasteiger partial charge >= 0.3 is 0 Å². The van der Waals surface area contributed by atoms with Gasteiger partial charge in [-0.3, -0.25) is 0 Å². The molecule has 0 spiro atoms. The van der Waals surface area contributed by atoms with Crippen LogP contribution in [0.25, 0.3) is 155 Å². The highest BCUT2D eigenvalue weighted by molar-refractivity contribution is 6.28. The van der Waals surface area contributed by atoms with E-state index in [1.54, 1.807) is 0 Å². The number of hydrogen-bond donors (Lipinski definition) is 0. The second kappa shape index (κ2) is 13.1. The largest absolute Gasteiger partial charge is 0.456 e. The predicted octanol–water partition coefficient (Wildman–Crippen LogP) is 18.2. The van der Waals surface area contributed by atoms with Crippen LogP contribution in [0.3, 0.4) is 0 Å². The lowest BCUT2D eigenvalue weighted by atomic mass is 9.85. The van der Waals surface area contributed by atoms with Crippen molar-refractivity contribution >= 4 is 87.8 Å². The standard InChI is InChI=1S/C62H38O4/c1-3-33-5-9-35(10-6-33)39-17-25-47-55-43(39)21-29-51-59(55)61-53(63-47)31-23-45-41(19-27-49(65-51)57(45)61)37-13-15-38(16-14-37)42-20-28-50-58-46(42)24-32-54-62(58)60-52(66-50)30-22-44-40(18-26-48(64-54)56(44)60)36-11-7-34(4-2)8-12-36/h5-32H,3-4H2,1-2H3. The maximum Gasteiger partial charge on any atom is 0.136 e. The Morgan fingerprint density at radius 3 is 0.712 bits per heavy atom. The summed E-state index contributed by atoms with van der Waals surface area (Å²) in [5.41, 5.74) is 23.2. The maximum absolute atomic E-state index is 6.77. The number of benzene rings is 11. The molecule has 0 aliphatic carbocycles. The lowest BCUT2D eigenvalue weighted by molar-refractivity contribution is 0.646. The molecular formula is C62H38O4. The number of hydrogen-bond acceptors (Lipinski definition) is 4. The van der Waals surface area contributed by atoms with Gasteiger partial charge in [0.15, 0.2) is 0 Å². The third-order valence-corrected chi connectivity index (χ3v) is 14.7. The molecule has 4 heteroatoms. The minimum atomic E-state index is 0.846. The van der Waals surface area contributed by atoms with E-state index < -0.39 is 0 Å². The number of rotatable bonds is 6. The molecule has 11 aromatic carbocycles. The van der Waals surface area contributed by atoms with Gasteiger partial charge < -0.3 is 17.7 Å². The fourth-order valence-electron chi connectivity index (χ4n) is 11.4. The lowest BCUT2D eigenvalue weighted by Gasteiger charge is -2.22. The Morgan fingerprint density at radius 2 is 0.470 bits per heavy atom. The van der Waals surface area contributed by atoms with Crippen molar-refractivity contribution in [3.8, 4) is 66.8 Å². The Bertz CT molecular complexity index is 4040. The zero-order valence-electron chi connectivity index (χ0n) is 36.2. The number of aryl methyl sites for hydroxylation is 2. The van der Waals surface area contributed by atoms with Crippen molar-refractivity contribution in [2.75, 3.05) is 0 Å². The predicted molar refractivity (Wildman–Crippen MR) is 272 cm³/mol. The fourth-order valence-corrected chi connectivity index (χ4v) is 11.4. The van der Waals surface area contributed by atoms with Crippen LogP contribution in [0.4, 0.5) is 0 Å². The van der Waals surface area contributed by atoms with E-state index in [0.717, 1.165) is 145 Å². The summed E-state index contributed by atoms with van der Waals surface area (Å²) in [7, 11) is 0. The van der Waals surface area contributed by atoms with Gasteiger partial charge in [0.1, 0.15) is 44.7 Å². The first kappa shape index (κ1) is 36.0.